The predicted octanol–water partition coefficient (Wildman–Crippen LogP) is 7.35. The van der Waals surface area contributed by atoms with Gasteiger partial charge in [0.15, 0.2) is 5.78 Å². The van der Waals surface area contributed by atoms with Crippen molar-refractivity contribution in [3.8, 4) is 28.4 Å². The molecule has 202 valence electrons. The summed E-state index contributed by atoms with van der Waals surface area (Å²) in [6, 6.07) is 30.0. The molecule has 0 aliphatic carbocycles. The van der Waals surface area contributed by atoms with Crippen LogP contribution >= 0.6 is 0 Å². The molecule has 0 radical (unpaired) electrons. The Morgan fingerprint density at radius 3 is 2.10 bits per heavy atom. The van der Waals surface area contributed by atoms with E-state index in [0.717, 1.165) is 29.7 Å². The Labute approximate surface area is 232 Å². The van der Waals surface area contributed by atoms with Gasteiger partial charge in [-0.1, -0.05) is 78.9 Å². The van der Waals surface area contributed by atoms with Crippen molar-refractivity contribution >= 4 is 5.78 Å². The molecule has 0 heterocycles. The van der Waals surface area contributed by atoms with Gasteiger partial charge in [0.05, 0.1) is 19.8 Å². The third-order valence-electron chi connectivity index (χ3n) is 6.97. The number of methoxy groups -OCH3 is 2. The molecule has 39 heavy (non-hydrogen) atoms. The van der Waals surface area contributed by atoms with Crippen molar-refractivity contribution in [2.24, 2.45) is 0 Å². The molecule has 0 fully saturated rings. The number of nitrogens with zero attached hydrogens (tertiary/aromatic N) is 1. The van der Waals surface area contributed by atoms with Crippen LogP contribution in [0.3, 0.4) is 0 Å². The minimum Gasteiger partial charge on any atom is -0.496 e. The number of benzene rings is 4. The van der Waals surface area contributed by atoms with E-state index in [1.54, 1.807) is 14.2 Å². The van der Waals surface area contributed by atoms with Crippen molar-refractivity contribution in [1.82, 2.24) is 4.90 Å². The van der Waals surface area contributed by atoms with Gasteiger partial charge in [0.25, 0.3) is 0 Å². The van der Waals surface area contributed by atoms with Crippen LogP contribution in [0, 0.1) is 6.92 Å². The van der Waals surface area contributed by atoms with E-state index in [0.29, 0.717) is 36.8 Å². The second-order valence-electron chi connectivity index (χ2n) is 9.68. The van der Waals surface area contributed by atoms with Gasteiger partial charge in [-0.05, 0) is 49.2 Å². The Hall–Kier alpha value is -4.09. The van der Waals surface area contributed by atoms with Crippen LogP contribution in [-0.2, 0) is 13.2 Å². The molecule has 0 bridgehead atoms. The van der Waals surface area contributed by atoms with Gasteiger partial charge >= 0.3 is 0 Å². The molecule has 0 atom stereocenters. The second kappa shape index (κ2) is 13.6. The first-order chi connectivity index (χ1) is 19.0. The van der Waals surface area contributed by atoms with Crippen LogP contribution in [0.2, 0.25) is 0 Å². The molecule has 0 N–H and O–H groups in total. The van der Waals surface area contributed by atoms with Gasteiger partial charge < -0.3 is 19.1 Å². The van der Waals surface area contributed by atoms with Crippen LogP contribution in [0.1, 0.15) is 39.9 Å². The molecule has 0 unspecified atom stereocenters. The Morgan fingerprint density at radius 1 is 0.821 bits per heavy atom. The first-order valence-corrected chi connectivity index (χ1v) is 13.3. The quantitative estimate of drug-likeness (QED) is 0.171. The van der Waals surface area contributed by atoms with Gasteiger partial charge in [-0.15, -0.1) is 0 Å². The van der Waals surface area contributed by atoms with Crippen molar-refractivity contribution in [2.45, 2.75) is 32.9 Å². The first kappa shape index (κ1) is 27.9. The van der Waals surface area contributed by atoms with Crippen molar-refractivity contribution in [1.29, 1.82) is 0 Å². The number of hydrogen-bond donors (Lipinski definition) is 0. The third-order valence-corrected chi connectivity index (χ3v) is 6.97. The highest BCUT2D eigenvalue weighted by Crippen LogP contribution is 2.36. The van der Waals surface area contributed by atoms with Crippen LogP contribution < -0.4 is 14.2 Å². The molecule has 0 spiro atoms. The fraction of sp³-hybridized carbons (Fsp3) is 0.265. The highest BCUT2D eigenvalue weighted by Gasteiger charge is 2.16. The molecule has 0 aliphatic rings. The summed E-state index contributed by atoms with van der Waals surface area (Å²) in [5.41, 5.74) is 6.44. The lowest BCUT2D eigenvalue weighted by molar-refractivity contribution is 0.0976. The van der Waals surface area contributed by atoms with E-state index in [1.165, 1.54) is 16.7 Å². The summed E-state index contributed by atoms with van der Waals surface area (Å²) in [5, 5.41) is 0. The molecule has 5 heteroatoms. The van der Waals surface area contributed by atoms with Gasteiger partial charge in [0, 0.05) is 30.7 Å². The number of rotatable bonds is 13. The van der Waals surface area contributed by atoms with E-state index in [1.807, 2.05) is 55.6 Å². The molecule has 0 amide bonds. The largest absolute Gasteiger partial charge is 0.496 e. The average Bonchev–Trinajstić information content (AvgIpc) is 2.97. The first-order valence-electron chi connectivity index (χ1n) is 13.3. The zero-order chi connectivity index (χ0) is 27.6. The summed E-state index contributed by atoms with van der Waals surface area (Å²) in [6.07, 6.45) is 1.29. The molecule has 0 saturated heterocycles. The van der Waals surface area contributed by atoms with Crippen molar-refractivity contribution in [3.63, 3.8) is 0 Å². The summed E-state index contributed by atoms with van der Waals surface area (Å²) < 4.78 is 17.7. The summed E-state index contributed by atoms with van der Waals surface area (Å²) in [6.45, 7) is 3.98. The van der Waals surface area contributed by atoms with Crippen molar-refractivity contribution < 1.29 is 19.0 Å². The fourth-order valence-corrected chi connectivity index (χ4v) is 4.76. The van der Waals surface area contributed by atoms with Crippen LogP contribution in [0.4, 0.5) is 0 Å². The van der Waals surface area contributed by atoms with Gasteiger partial charge in [0.2, 0.25) is 0 Å². The topological polar surface area (TPSA) is 48.0 Å². The van der Waals surface area contributed by atoms with E-state index >= 15 is 0 Å². The summed E-state index contributed by atoms with van der Waals surface area (Å²) in [4.78, 5) is 14.6. The van der Waals surface area contributed by atoms with Crippen LogP contribution in [0.15, 0.2) is 91.0 Å². The molecule has 5 nitrogen and oxygen atoms in total. The summed E-state index contributed by atoms with van der Waals surface area (Å²) >= 11 is 0. The lowest BCUT2D eigenvalue weighted by Gasteiger charge is -2.21. The Kier molecular flexibility index (Phi) is 9.76. The third kappa shape index (κ3) is 7.27. The highest BCUT2D eigenvalue weighted by atomic mass is 16.5. The number of carbonyl (C=O) groups excluding carboxylic acids is 1. The molecular weight excluding hydrogens is 486 g/mol. The van der Waals surface area contributed by atoms with E-state index in [2.05, 4.69) is 54.3 Å². The van der Waals surface area contributed by atoms with E-state index in [4.69, 9.17) is 14.2 Å². The monoisotopic (exact) mass is 523 g/mol. The standard InChI is InChI=1S/C34H37NO4/c1-25-28(17-11-18-30(25)26-13-7-5-8-14-26)24-39-29-21-33(37-3)31(34(22-29)38-4)23-35(2)20-12-19-32(36)27-15-9-6-10-16-27/h5-11,13-18,21-22H,12,19-20,23-24H2,1-4H3. The fourth-order valence-electron chi connectivity index (χ4n) is 4.76. The van der Waals surface area contributed by atoms with Crippen LogP contribution in [0.5, 0.6) is 17.2 Å². The number of Topliss-reactive ketones (excluding diaryl/α,β-unsaturated/α-hetero) is 1. The molecule has 0 saturated carbocycles. The summed E-state index contributed by atoms with van der Waals surface area (Å²) in [7, 11) is 5.36. The molecule has 4 aromatic rings. The Bertz CT molecular complexity index is 1340. The Morgan fingerprint density at radius 2 is 1.46 bits per heavy atom. The van der Waals surface area contributed by atoms with Crippen LogP contribution in [0.25, 0.3) is 11.1 Å². The van der Waals surface area contributed by atoms with Gasteiger partial charge in [-0.3, -0.25) is 4.79 Å². The van der Waals surface area contributed by atoms with E-state index in [9.17, 15) is 4.79 Å². The predicted molar refractivity (Wildman–Crippen MR) is 157 cm³/mol. The van der Waals surface area contributed by atoms with E-state index < -0.39 is 0 Å². The molecule has 0 aliphatic heterocycles. The van der Waals surface area contributed by atoms with Crippen molar-refractivity contribution in [2.75, 3.05) is 27.8 Å². The minimum atomic E-state index is 0.171. The smallest absolute Gasteiger partial charge is 0.162 e. The number of carbonyl (C=O) groups is 1. The molecule has 0 aromatic heterocycles. The Balaban J connectivity index is 1.41. The second-order valence-corrected chi connectivity index (χ2v) is 9.68. The average molecular weight is 524 g/mol. The minimum absolute atomic E-state index is 0.171. The number of ketones is 1. The maximum atomic E-state index is 12.4. The summed E-state index contributed by atoms with van der Waals surface area (Å²) in [5.74, 6) is 2.29. The van der Waals surface area contributed by atoms with Gasteiger partial charge in [-0.2, -0.15) is 0 Å². The molecule has 4 aromatic carbocycles. The highest BCUT2D eigenvalue weighted by molar-refractivity contribution is 5.95. The molecular formula is C34H37NO4. The lowest BCUT2D eigenvalue weighted by atomic mass is 9.97. The zero-order valence-corrected chi connectivity index (χ0v) is 23.3. The van der Waals surface area contributed by atoms with Gasteiger partial charge in [-0.25, -0.2) is 0 Å². The van der Waals surface area contributed by atoms with Crippen molar-refractivity contribution in [3.05, 3.63) is 113 Å². The van der Waals surface area contributed by atoms with Crippen LogP contribution in [-0.4, -0.2) is 38.5 Å². The number of hydrogen-bond acceptors (Lipinski definition) is 5. The lowest BCUT2D eigenvalue weighted by Crippen LogP contribution is -2.20. The normalized spacial score (nSPS) is 10.9. The zero-order valence-electron chi connectivity index (χ0n) is 23.3. The SMILES string of the molecule is COc1cc(OCc2cccc(-c3ccccc3)c2C)cc(OC)c1CN(C)CCCC(=O)c1ccccc1. The molecule has 4 rings (SSSR count). The maximum Gasteiger partial charge on any atom is 0.162 e. The number of ether oxygens (including phenoxy) is 3. The van der Waals surface area contributed by atoms with E-state index in [-0.39, 0.29) is 5.78 Å². The maximum absolute atomic E-state index is 12.4. The van der Waals surface area contributed by atoms with Gasteiger partial charge in [0.1, 0.15) is 23.9 Å².